The maximum absolute atomic E-state index is 13.4. The Kier molecular flexibility index (Phi) is 3.51. The predicted octanol–water partition coefficient (Wildman–Crippen LogP) is 1.89. The van der Waals surface area contributed by atoms with Crippen molar-refractivity contribution in [2.24, 2.45) is 5.73 Å². The summed E-state index contributed by atoms with van der Waals surface area (Å²) in [6, 6.07) is 4.10. The summed E-state index contributed by atoms with van der Waals surface area (Å²) in [5.74, 6) is -0.946. The number of halogens is 2. The molecule has 1 saturated heterocycles. The van der Waals surface area contributed by atoms with Crippen LogP contribution in [-0.4, -0.2) is 24.0 Å². The molecule has 0 bridgehead atoms. The summed E-state index contributed by atoms with van der Waals surface area (Å²) >= 11 is 0. The molecule has 1 unspecified atom stereocenters. The minimum absolute atomic E-state index is 0.128. The van der Waals surface area contributed by atoms with Crippen molar-refractivity contribution in [3.05, 3.63) is 35.4 Å². The quantitative estimate of drug-likeness (QED) is 0.834. The molecule has 16 heavy (non-hydrogen) atoms. The van der Waals surface area contributed by atoms with Crippen LogP contribution in [0, 0.1) is 11.6 Å². The first-order valence-electron chi connectivity index (χ1n) is 5.57. The third kappa shape index (κ3) is 2.57. The molecule has 0 amide bonds. The van der Waals surface area contributed by atoms with Crippen molar-refractivity contribution in [2.45, 2.75) is 25.4 Å². The molecule has 1 aromatic rings. The largest absolute Gasteiger partial charge is 0.327 e. The van der Waals surface area contributed by atoms with Crippen molar-refractivity contribution in [3.63, 3.8) is 0 Å². The van der Waals surface area contributed by atoms with Gasteiger partial charge >= 0.3 is 0 Å². The van der Waals surface area contributed by atoms with Gasteiger partial charge in [0.15, 0.2) is 0 Å². The van der Waals surface area contributed by atoms with Crippen LogP contribution in [0.15, 0.2) is 18.2 Å². The molecule has 1 atom stereocenters. The lowest BCUT2D eigenvalue weighted by molar-refractivity contribution is 0.197. The molecular formula is C12H16F2N2. The average Bonchev–Trinajstić information content (AvgIpc) is 2.24. The highest BCUT2D eigenvalue weighted by molar-refractivity contribution is 5.19. The molecule has 88 valence electrons. The van der Waals surface area contributed by atoms with E-state index in [0.29, 0.717) is 13.1 Å². The van der Waals surface area contributed by atoms with Gasteiger partial charge in [0, 0.05) is 24.7 Å². The lowest BCUT2D eigenvalue weighted by atomic mass is 10.1. The van der Waals surface area contributed by atoms with E-state index >= 15 is 0 Å². The molecule has 0 spiro atoms. The van der Waals surface area contributed by atoms with Gasteiger partial charge in [-0.25, -0.2) is 8.78 Å². The minimum Gasteiger partial charge on any atom is -0.327 e. The van der Waals surface area contributed by atoms with Gasteiger partial charge in [0.2, 0.25) is 0 Å². The highest BCUT2D eigenvalue weighted by Crippen LogP contribution is 2.17. The summed E-state index contributed by atoms with van der Waals surface area (Å²) in [5, 5.41) is 0. The van der Waals surface area contributed by atoms with E-state index < -0.39 is 11.6 Å². The average molecular weight is 226 g/mol. The van der Waals surface area contributed by atoms with Crippen LogP contribution in [0.1, 0.15) is 18.4 Å². The monoisotopic (exact) mass is 226 g/mol. The highest BCUT2D eigenvalue weighted by Gasteiger charge is 2.19. The molecule has 1 aromatic carbocycles. The third-order valence-corrected chi connectivity index (χ3v) is 2.99. The van der Waals surface area contributed by atoms with Gasteiger partial charge < -0.3 is 5.73 Å². The van der Waals surface area contributed by atoms with E-state index in [-0.39, 0.29) is 11.6 Å². The van der Waals surface area contributed by atoms with Crippen LogP contribution >= 0.6 is 0 Å². The van der Waals surface area contributed by atoms with Gasteiger partial charge in [-0.1, -0.05) is 6.07 Å². The predicted molar refractivity (Wildman–Crippen MR) is 58.8 cm³/mol. The zero-order valence-electron chi connectivity index (χ0n) is 9.13. The van der Waals surface area contributed by atoms with E-state index in [4.69, 9.17) is 5.73 Å². The fourth-order valence-electron chi connectivity index (χ4n) is 2.14. The van der Waals surface area contributed by atoms with Gasteiger partial charge in [-0.3, -0.25) is 4.90 Å². The molecule has 2 rings (SSSR count). The maximum Gasteiger partial charge on any atom is 0.130 e. The molecule has 1 aliphatic heterocycles. The normalized spacial score (nSPS) is 22.3. The topological polar surface area (TPSA) is 29.3 Å². The van der Waals surface area contributed by atoms with Crippen LogP contribution in [0.25, 0.3) is 0 Å². The molecule has 1 fully saturated rings. The second-order valence-corrected chi connectivity index (χ2v) is 4.34. The molecule has 0 aromatic heterocycles. The lowest BCUT2D eigenvalue weighted by Gasteiger charge is -2.30. The van der Waals surface area contributed by atoms with Gasteiger partial charge in [-0.15, -0.1) is 0 Å². The van der Waals surface area contributed by atoms with E-state index in [1.54, 1.807) is 0 Å². The van der Waals surface area contributed by atoms with Crippen LogP contribution in [0.5, 0.6) is 0 Å². The number of hydrogen-bond donors (Lipinski definition) is 1. The number of rotatable bonds is 2. The van der Waals surface area contributed by atoms with Crippen molar-refractivity contribution >= 4 is 0 Å². The molecular weight excluding hydrogens is 210 g/mol. The first-order chi connectivity index (χ1) is 7.66. The van der Waals surface area contributed by atoms with E-state index in [9.17, 15) is 8.78 Å². The second-order valence-electron chi connectivity index (χ2n) is 4.34. The number of likely N-dealkylation sites (tertiary alicyclic amines) is 1. The Morgan fingerprint density at radius 3 is 2.62 bits per heavy atom. The zero-order chi connectivity index (χ0) is 11.5. The molecule has 0 saturated carbocycles. The smallest absolute Gasteiger partial charge is 0.130 e. The first kappa shape index (κ1) is 11.5. The number of benzene rings is 1. The summed E-state index contributed by atoms with van der Waals surface area (Å²) in [4.78, 5) is 2.01. The Labute approximate surface area is 94.0 Å². The van der Waals surface area contributed by atoms with Crippen LogP contribution in [0.3, 0.4) is 0 Å². The molecule has 1 aliphatic rings. The first-order valence-corrected chi connectivity index (χ1v) is 5.57. The van der Waals surface area contributed by atoms with E-state index in [0.717, 1.165) is 19.4 Å². The van der Waals surface area contributed by atoms with Crippen molar-refractivity contribution in [2.75, 3.05) is 13.1 Å². The number of nitrogens with zero attached hydrogens (tertiary/aromatic N) is 1. The Morgan fingerprint density at radius 2 is 2.00 bits per heavy atom. The van der Waals surface area contributed by atoms with E-state index in [1.807, 2.05) is 4.90 Å². The lowest BCUT2D eigenvalue weighted by Crippen LogP contribution is -2.42. The van der Waals surface area contributed by atoms with Crippen LogP contribution in [0.4, 0.5) is 8.78 Å². The summed E-state index contributed by atoms with van der Waals surface area (Å²) in [7, 11) is 0. The number of nitrogens with two attached hydrogens (primary N) is 1. The van der Waals surface area contributed by atoms with Crippen molar-refractivity contribution in [1.82, 2.24) is 4.90 Å². The van der Waals surface area contributed by atoms with Crippen LogP contribution in [-0.2, 0) is 6.54 Å². The summed E-state index contributed by atoms with van der Waals surface area (Å²) in [6.45, 7) is 1.89. The van der Waals surface area contributed by atoms with Gasteiger partial charge in [0.25, 0.3) is 0 Å². The highest BCUT2D eigenvalue weighted by atomic mass is 19.1. The fourth-order valence-corrected chi connectivity index (χ4v) is 2.14. The molecule has 2 nitrogen and oxygen atoms in total. The van der Waals surface area contributed by atoms with Crippen molar-refractivity contribution in [3.8, 4) is 0 Å². The van der Waals surface area contributed by atoms with Gasteiger partial charge in [-0.2, -0.15) is 0 Å². The van der Waals surface area contributed by atoms with Crippen LogP contribution < -0.4 is 5.73 Å². The Bertz CT molecular complexity index is 348. The molecule has 0 aliphatic carbocycles. The number of hydrogen-bond acceptors (Lipinski definition) is 2. The minimum atomic E-state index is -0.473. The van der Waals surface area contributed by atoms with Gasteiger partial charge in [-0.05, 0) is 31.5 Å². The zero-order valence-corrected chi connectivity index (χ0v) is 9.13. The van der Waals surface area contributed by atoms with Gasteiger partial charge in [0.1, 0.15) is 11.6 Å². The molecule has 4 heteroatoms. The summed E-state index contributed by atoms with van der Waals surface area (Å²) < 4.78 is 26.8. The third-order valence-electron chi connectivity index (χ3n) is 2.99. The maximum atomic E-state index is 13.4. The summed E-state index contributed by atoms with van der Waals surface area (Å²) in [5.41, 5.74) is 5.98. The SMILES string of the molecule is NC1CCCN(Cc2c(F)cccc2F)C1. The van der Waals surface area contributed by atoms with Crippen molar-refractivity contribution in [1.29, 1.82) is 0 Å². The van der Waals surface area contributed by atoms with Crippen molar-refractivity contribution < 1.29 is 8.78 Å². The standard InChI is InChI=1S/C12H16F2N2/c13-11-4-1-5-12(14)10(11)8-16-6-2-3-9(15)7-16/h1,4-5,9H,2-3,6-8,15H2. The second kappa shape index (κ2) is 4.89. The Morgan fingerprint density at radius 1 is 1.31 bits per heavy atom. The van der Waals surface area contributed by atoms with E-state index in [1.165, 1.54) is 18.2 Å². The molecule has 0 radical (unpaired) electrons. The molecule has 1 heterocycles. The summed E-state index contributed by atoms with van der Waals surface area (Å²) in [6.07, 6.45) is 1.99. The molecule has 2 N–H and O–H groups in total. The fraction of sp³-hybridized carbons (Fsp3) is 0.500. The Balaban J connectivity index is 2.08. The van der Waals surface area contributed by atoms with Crippen LogP contribution in [0.2, 0.25) is 0 Å². The van der Waals surface area contributed by atoms with Gasteiger partial charge in [0.05, 0.1) is 0 Å². The van der Waals surface area contributed by atoms with E-state index in [2.05, 4.69) is 0 Å². The Hall–Kier alpha value is -1.00. The number of piperidine rings is 1.